The van der Waals surface area contributed by atoms with E-state index < -0.39 is 5.97 Å². The topological polar surface area (TPSA) is 43.4 Å². The highest BCUT2D eigenvalue weighted by atomic mass is 16.4. The third-order valence-corrected chi connectivity index (χ3v) is 3.71. The van der Waals surface area contributed by atoms with Crippen LogP contribution in [0.15, 0.2) is 48.5 Å². The normalized spacial score (nSPS) is 13.3. The first kappa shape index (κ1) is 12.7. The van der Waals surface area contributed by atoms with Crippen LogP contribution in [0.4, 0.5) is 5.69 Å². The fraction of sp³-hybridized carbons (Fsp3) is 0.235. The fourth-order valence-electron chi connectivity index (χ4n) is 2.74. The standard InChI is InChI=1S/C17H17NO2/c19-17(20)11-14-6-7-15-8-9-18(16(15)10-14)12-13-4-2-1-3-5-13/h1-7,10H,8-9,11-12H2,(H,19,20)/p-1. The van der Waals surface area contributed by atoms with Crippen molar-refractivity contribution in [2.24, 2.45) is 0 Å². The van der Waals surface area contributed by atoms with E-state index >= 15 is 0 Å². The van der Waals surface area contributed by atoms with Gasteiger partial charge in [0.25, 0.3) is 0 Å². The van der Waals surface area contributed by atoms with Crippen molar-refractivity contribution in [2.45, 2.75) is 19.4 Å². The average Bonchev–Trinajstić information content (AvgIpc) is 2.82. The number of hydrogen-bond acceptors (Lipinski definition) is 3. The Hall–Kier alpha value is -2.29. The number of carbonyl (C=O) groups is 1. The van der Waals surface area contributed by atoms with E-state index in [1.807, 2.05) is 36.4 Å². The van der Waals surface area contributed by atoms with Gasteiger partial charge >= 0.3 is 0 Å². The van der Waals surface area contributed by atoms with Crippen molar-refractivity contribution in [3.05, 3.63) is 65.2 Å². The van der Waals surface area contributed by atoms with Gasteiger partial charge in [-0.2, -0.15) is 0 Å². The quantitative estimate of drug-likeness (QED) is 0.843. The lowest BCUT2D eigenvalue weighted by molar-refractivity contribution is -0.304. The highest BCUT2D eigenvalue weighted by molar-refractivity contribution is 5.70. The number of benzene rings is 2. The second-order valence-corrected chi connectivity index (χ2v) is 5.17. The zero-order chi connectivity index (χ0) is 13.9. The number of rotatable bonds is 4. The Morgan fingerprint density at radius 1 is 1.10 bits per heavy atom. The number of fused-ring (bicyclic) bond motifs is 1. The van der Waals surface area contributed by atoms with Crippen LogP contribution in [0.25, 0.3) is 0 Å². The molecule has 0 amide bonds. The molecule has 2 aromatic rings. The van der Waals surface area contributed by atoms with E-state index in [2.05, 4.69) is 17.0 Å². The van der Waals surface area contributed by atoms with Crippen LogP contribution in [-0.2, 0) is 24.2 Å². The predicted molar refractivity (Wildman–Crippen MR) is 76.3 cm³/mol. The van der Waals surface area contributed by atoms with Crippen molar-refractivity contribution in [2.75, 3.05) is 11.4 Å². The first-order valence-electron chi connectivity index (χ1n) is 6.83. The van der Waals surface area contributed by atoms with E-state index in [1.54, 1.807) is 0 Å². The van der Waals surface area contributed by atoms with Gasteiger partial charge in [0.05, 0.1) is 0 Å². The van der Waals surface area contributed by atoms with Gasteiger partial charge in [-0.05, 0) is 29.2 Å². The maximum Gasteiger partial charge on any atom is 0.0458 e. The van der Waals surface area contributed by atoms with Crippen molar-refractivity contribution in [1.29, 1.82) is 0 Å². The molecule has 0 aromatic heterocycles. The molecule has 0 atom stereocenters. The SMILES string of the molecule is O=C([O-])Cc1ccc2c(c1)N(Cc1ccccc1)CC2. The maximum absolute atomic E-state index is 10.7. The Labute approximate surface area is 118 Å². The fourth-order valence-corrected chi connectivity index (χ4v) is 2.74. The summed E-state index contributed by atoms with van der Waals surface area (Å²) >= 11 is 0. The van der Waals surface area contributed by atoms with E-state index in [0.29, 0.717) is 0 Å². The van der Waals surface area contributed by atoms with Gasteiger partial charge in [0.1, 0.15) is 0 Å². The van der Waals surface area contributed by atoms with Crippen LogP contribution in [0.2, 0.25) is 0 Å². The van der Waals surface area contributed by atoms with Gasteiger partial charge in [0.15, 0.2) is 0 Å². The number of aliphatic carboxylic acids is 1. The second kappa shape index (κ2) is 5.37. The number of hydrogen-bond donors (Lipinski definition) is 0. The van der Waals surface area contributed by atoms with Gasteiger partial charge < -0.3 is 14.8 Å². The first-order chi connectivity index (χ1) is 9.72. The molecule has 0 saturated carbocycles. The molecule has 0 fully saturated rings. The van der Waals surface area contributed by atoms with Crippen molar-refractivity contribution in [1.82, 2.24) is 0 Å². The molecule has 0 spiro atoms. The van der Waals surface area contributed by atoms with E-state index in [9.17, 15) is 9.90 Å². The summed E-state index contributed by atoms with van der Waals surface area (Å²) in [5, 5.41) is 10.7. The lowest BCUT2D eigenvalue weighted by Gasteiger charge is -2.20. The summed E-state index contributed by atoms with van der Waals surface area (Å²) in [6.07, 6.45) is 1.00. The van der Waals surface area contributed by atoms with Crippen LogP contribution in [0.3, 0.4) is 0 Å². The highest BCUT2D eigenvalue weighted by Crippen LogP contribution is 2.30. The third kappa shape index (κ3) is 2.67. The molecule has 3 rings (SSSR count). The molecule has 1 heterocycles. The molecule has 3 heteroatoms. The zero-order valence-electron chi connectivity index (χ0n) is 11.2. The second-order valence-electron chi connectivity index (χ2n) is 5.17. The molecule has 102 valence electrons. The summed E-state index contributed by atoms with van der Waals surface area (Å²) in [7, 11) is 0. The third-order valence-electron chi connectivity index (χ3n) is 3.71. The molecule has 1 aliphatic heterocycles. The molecule has 0 N–H and O–H groups in total. The Morgan fingerprint density at radius 3 is 2.65 bits per heavy atom. The molecular formula is C17H16NO2-. The molecular weight excluding hydrogens is 250 g/mol. The van der Waals surface area contributed by atoms with Crippen LogP contribution in [0, 0.1) is 0 Å². The van der Waals surface area contributed by atoms with E-state index in [0.717, 1.165) is 30.8 Å². The molecule has 1 aliphatic rings. The highest BCUT2D eigenvalue weighted by Gasteiger charge is 2.19. The van der Waals surface area contributed by atoms with Gasteiger partial charge in [-0.1, -0.05) is 42.5 Å². The molecule has 3 nitrogen and oxygen atoms in total. The van der Waals surface area contributed by atoms with Gasteiger partial charge in [0.2, 0.25) is 0 Å². The maximum atomic E-state index is 10.7. The van der Waals surface area contributed by atoms with Crippen molar-refractivity contribution < 1.29 is 9.90 Å². The molecule has 0 aliphatic carbocycles. The minimum absolute atomic E-state index is 0.0214. The van der Waals surface area contributed by atoms with Crippen LogP contribution < -0.4 is 10.0 Å². The average molecular weight is 266 g/mol. The number of carboxylic acids is 1. The van der Waals surface area contributed by atoms with Crippen LogP contribution in [-0.4, -0.2) is 12.5 Å². The summed E-state index contributed by atoms with van der Waals surface area (Å²) < 4.78 is 0. The van der Waals surface area contributed by atoms with Crippen LogP contribution in [0.1, 0.15) is 16.7 Å². The van der Waals surface area contributed by atoms with Crippen molar-refractivity contribution >= 4 is 11.7 Å². The summed E-state index contributed by atoms with van der Waals surface area (Å²) in [6, 6.07) is 16.2. The summed E-state index contributed by atoms with van der Waals surface area (Å²) in [4.78, 5) is 13.0. The van der Waals surface area contributed by atoms with E-state index in [4.69, 9.17) is 0 Å². The van der Waals surface area contributed by atoms with Gasteiger partial charge in [-0.15, -0.1) is 0 Å². The molecule has 0 unspecified atom stereocenters. The number of nitrogens with zero attached hydrogens (tertiary/aromatic N) is 1. The Balaban J connectivity index is 1.83. The van der Waals surface area contributed by atoms with Gasteiger partial charge in [-0.25, -0.2) is 0 Å². The number of carbonyl (C=O) groups excluding carboxylic acids is 1. The minimum atomic E-state index is -1.03. The van der Waals surface area contributed by atoms with Gasteiger partial charge in [0, 0.05) is 31.2 Å². The summed E-state index contributed by atoms with van der Waals surface area (Å²) in [5.41, 5.74) is 4.53. The zero-order valence-corrected chi connectivity index (χ0v) is 11.2. The Bertz CT molecular complexity index is 622. The monoisotopic (exact) mass is 266 g/mol. The molecule has 0 saturated heterocycles. The van der Waals surface area contributed by atoms with Crippen LogP contribution in [0.5, 0.6) is 0 Å². The predicted octanol–water partition coefficient (Wildman–Crippen LogP) is 1.54. The Kier molecular flexibility index (Phi) is 3.42. The van der Waals surface area contributed by atoms with Crippen LogP contribution >= 0.6 is 0 Å². The molecule has 20 heavy (non-hydrogen) atoms. The smallest absolute Gasteiger partial charge is 0.0458 e. The molecule has 2 aromatic carbocycles. The minimum Gasteiger partial charge on any atom is -0.550 e. The molecule has 0 radical (unpaired) electrons. The lowest BCUT2D eigenvalue weighted by Crippen LogP contribution is -2.24. The molecule has 0 bridgehead atoms. The number of anilines is 1. The first-order valence-corrected chi connectivity index (χ1v) is 6.83. The summed E-state index contributed by atoms with van der Waals surface area (Å²) in [5.74, 6) is -1.03. The van der Waals surface area contributed by atoms with Crippen molar-refractivity contribution in [3.8, 4) is 0 Å². The van der Waals surface area contributed by atoms with E-state index in [-0.39, 0.29) is 6.42 Å². The lowest BCUT2D eigenvalue weighted by atomic mass is 10.1. The Morgan fingerprint density at radius 2 is 1.90 bits per heavy atom. The largest absolute Gasteiger partial charge is 0.550 e. The van der Waals surface area contributed by atoms with E-state index in [1.165, 1.54) is 11.1 Å². The van der Waals surface area contributed by atoms with Gasteiger partial charge in [-0.3, -0.25) is 0 Å². The number of carboxylic acid groups (broad SMARTS) is 1. The van der Waals surface area contributed by atoms with Crippen molar-refractivity contribution in [3.63, 3.8) is 0 Å². The summed E-state index contributed by atoms with van der Waals surface area (Å²) in [6.45, 7) is 1.85.